The molecule has 1 aromatic heterocycles. The molecule has 1 fully saturated rings. The first-order valence-electron chi connectivity index (χ1n) is 7.76. The normalized spacial score (nSPS) is 22.9. The summed E-state index contributed by atoms with van der Waals surface area (Å²) in [4.78, 5) is 12.4. The number of nitrogens with one attached hydrogen (secondary N) is 2. The van der Waals surface area contributed by atoms with E-state index in [1.807, 2.05) is 34.9 Å². The van der Waals surface area contributed by atoms with Crippen LogP contribution in [0.3, 0.4) is 0 Å². The van der Waals surface area contributed by atoms with E-state index >= 15 is 0 Å². The quantitative estimate of drug-likeness (QED) is 0.870. The van der Waals surface area contributed by atoms with Gasteiger partial charge in [0.1, 0.15) is 5.82 Å². The van der Waals surface area contributed by atoms with Gasteiger partial charge in [-0.05, 0) is 30.5 Å². The lowest BCUT2D eigenvalue weighted by Gasteiger charge is -2.25. The Morgan fingerprint density at radius 2 is 2.05 bits per heavy atom. The molecule has 1 saturated heterocycles. The van der Waals surface area contributed by atoms with Crippen LogP contribution < -0.4 is 10.6 Å². The predicted octanol–water partition coefficient (Wildman–Crippen LogP) is 0.600. The number of rotatable bonds is 3. The molecule has 114 valence electrons. The Bertz CT molecular complexity index is 681. The van der Waals surface area contributed by atoms with Crippen molar-refractivity contribution < 1.29 is 4.79 Å². The van der Waals surface area contributed by atoms with Crippen LogP contribution in [0.25, 0.3) is 0 Å². The largest absolute Gasteiger partial charge is 0.345 e. The van der Waals surface area contributed by atoms with Crippen molar-refractivity contribution in [3.8, 4) is 0 Å². The number of aromatic nitrogens is 3. The molecule has 2 atom stereocenters. The lowest BCUT2D eigenvalue weighted by Crippen LogP contribution is -2.32. The Morgan fingerprint density at radius 1 is 1.23 bits per heavy atom. The molecule has 0 spiro atoms. The van der Waals surface area contributed by atoms with Crippen LogP contribution in [0.5, 0.6) is 0 Å². The van der Waals surface area contributed by atoms with Gasteiger partial charge in [0.05, 0.1) is 0 Å². The first-order valence-corrected chi connectivity index (χ1v) is 7.76. The van der Waals surface area contributed by atoms with Crippen LogP contribution in [0, 0.1) is 11.8 Å². The van der Waals surface area contributed by atoms with Gasteiger partial charge in [0.25, 0.3) is 5.91 Å². The zero-order valence-corrected chi connectivity index (χ0v) is 12.3. The minimum atomic E-state index is -0.146. The molecule has 4 rings (SSSR count). The number of nitrogens with zero attached hydrogens (tertiary/aromatic N) is 3. The molecule has 1 aromatic carbocycles. The Balaban J connectivity index is 1.48. The number of amides is 1. The van der Waals surface area contributed by atoms with Gasteiger partial charge in [-0.2, -0.15) is 0 Å². The molecule has 1 amide bonds. The van der Waals surface area contributed by atoms with Crippen LogP contribution in [-0.4, -0.2) is 33.8 Å². The zero-order valence-electron chi connectivity index (χ0n) is 12.3. The fraction of sp³-hybridized carbons (Fsp3) is 0.438. The predicted molar refractivity (Wildman–Crippen MR) is 81.2 cm³/mol. The Morgan fingerprint density at radius 3 is 2.91 bits per heavy atom. The molecule has 3 heterocycles. The topological polar surface area (TPSA) is 71.8 Å². The molecular formula is C16H19N5O. The Kier molecular flexibility index (Phi) is 3.38. The fourth-order valence-corrected chi connectivity index (χ4v) is 3.41. The molecule has 0 aliphatic carbocycles. The number of hydrogen-bond donors (Lipinski definition) is 2. The summed E-state index contributed by atoms with van der Waals surface area (Å²) in [5, 5.41) is 14.7. The highest BCUT2D eigenvalue weighted by atomic mass is 16.2. The molecule has 0 saturated carbocycles. The molecule has 2 unspecified atom stereocenters. The van der Waals surface area contributed by atoms with Crippen LogP contribution >= 0.6 is 0 Å². The summed E-state index contributed by atoms with van der Waals surface area (Å²) >= 11 is 0. The van der Waals surface area contributed by atoms with Crippen molar-refractivity contribution in [1.29, 1.82) is 0 Å². The summed E-state index contributed by atoms with van der Waals surface area (Å²) in [7, 11) is 0. The Hall–Kier alpha value is -2.21. The van der Waals surface area contributed by atoms with Gasteiger partial charge in [-0.15, -0.1) is 10.2 Å². The van der Waals surface area contributed by atoms with Crippen LogP contribution in [-0.2, 0) is 19.5 Å². The van der Waals surface area contributed by atoms with Crippen molar-refractivity contribution in [2.24, 2.45) is 11.8 Å². The summed E-state index contributed by atoms with van der Waals surface area (Å²) in [6.07, 6.45) is 0.913. The highest BCUT2D eigenvalue weighted by Crippen LogP contribution is 2.28. The monoisotopic (exact) mass is 297 g/mol. The molecule has 2 aromatic rings. The maximum atomic E-state index is 12.4. The third-order valence-electron chi connectivity index (χ3n) is 4.67. The molecule has 0 radical (unpaired) electrons. The van der Waals surface area contributed by atoms with Gasteiger partial charge in [-0.25, -0.2) is 0 Å². The average Bonchev–Trinajstić information content (AvgIpc) is 3.17. The maximum Gasteiger partial charge on any atom is 0.289 e. The minimum absolute atomic E-state index is 0.146. The van der Waals surface area contributed by atoms with Crippen molar-refractivity contribution in [2.75, 3.05) is 13.1 Å². The SMILES string of the molecule is O=C(NCc1ccccc1)c1nnc2n1CC1CNCC1C2. The van der Waals surface area contributed by atoms with E-state index in [9.17, 15) is 4.79 Å². The van der Waals surface area contributed by atoms with Gasteiger partial charge in [0, 0.05) is 19.5 Å². The van der Waals surface area contributed by atoms with Crippen molar-refractivity contribution >= 4 is 5.91 Å². The second kappa shape index (κ2) is 5.53. The lowest BCUT2D eigenvalue weighted by molar-refractivity contribution is 0.0932. The maximum absolute atomic E-state index is 12.4. The standard InChI is InChI=1S/C16H19N5O/c22-16(18-7-11-4-2-1-3-5-11)15-20-19-14-6-12-8-17-9-13(12)10-21(14)15/h1-5,12-13,17H,6-10H2,(H,18,22). The van der Waals surface area contributed by atoms with Crippen LogP contribution in [0.2, 0.25) is 0 Å². The van der Waals surface area contributed by atoms with Crippen molar-refractivity contribution in [2.45, 2.75) is 19.5 Å². The van der Waals surface area contributed by atoms with Crippen LogP contribution in [0.1, 0.15) is 22.0 Å². The molecule has 6 heteroatoms. The van der Waals surface area contributed by atoms with Gasteiger partial charge >= 0.3 is 0 Å². The molecule has 0 bridgehead atoms. The first kappa shape index (κ1) is 13.5. The molecule has 2 aliphatic rings. The van der Waals surface area contributed by atoms with Crippen molar-refractivity contribution in [3.63, 3.8) is 0 Å². The number of carbonyl (C=O) groups is 1. The number of carbonyl (C=O) groups excluding carboxylic acids is 1. The summed E-state index contributed by atoms with van der Waals surface area (Å²) in [5.74, 6) is 2.46. The van der Waals surface area contributed by atoms with E-state index in [1.165, 1.54) is 0 Å². The third kappa shape index (κ3) is 2.39. The van der Waals surface area contributed by atoms with Gasteiger partial charge in [0.2, 0.25) is 5.82 Å². The Labute approximate surface area is 128 Å². The second-order valence-electron chi connectivity index (χ2n) is 6.10. The molecule has 6 nitrogen and oxygen atoms in total. The van der Waals surface area contributed by atoms with E-state index in [0.29, 0.717) is 24.2 Å². The number of fused-ring (bicyclic) bond motifs is 2. The first-order chi connectivity index (χ1) is 10.8. The lowest BCUT2D eigenvalue weighted by atomic mass is 9.89. The van der Waals surface area contributed by atoms with Crippen LogP contribution in [0.4, 0.5) is 0 Å². The van der Waals surface area contributed by atoms with Gasteiger partial charge in [0.15, 0.2) is 0 Å². The van der Waals surface area contributed by atoms with Crippen molar-refractivity contribution in [1.82, 2.24) is 25.4 Å². The highest BCUT2D eigenvalue weighted by Gasteiger charge is 2.35. The summed E-state index contributed by atoms with van der Waals surface area (Å²) < 4.78 is 1.99. The number of hydrogen-bond acceptors (Lipinski definition) is 4. The molecule has 2 N–H and O–H groups in total. The second-order valence-corrected chi connectivity index (χ2v) is 6.10. The minimum Gasteiger partial charge on any atom is -0.345 e. The van der Waals surface area contributed by atoms with Gasteiger partial charge < -0.3 is 15.2 Å². The van der Waals surface area contributed by atoms with E-state index in [-0.39, 0.29) is 5.91 Å². The summed E-state index contributed by atoms with van der Waals surface area (Å²) in [5.41, 5.74) is 1.08. The fourth-order valence-electron chi connectivity index (χ4n) is 3.41. The van der Waals surface area contributed by atoms with E-state index in [4.69, 9.17) is 0 Å². The molecular weight excluding hydrogens is 278 g/mol. The molecule has 2 aliphatic heterocycles. The average molecular weight is 297 g/mol. The summed E-state index contributed by atoms with van der Waals surface area (Å²) in [6.45, 7) is 3.42. The van der Waals surface area contributed by atoms with E-state index in [0.717, 1.165) is 37.4 Å². The summed E-state index contributed by atoms with van der Waals surface area (Å²) in [6, 6.07) is 9.89. The van der Waals surface area contributed by atoms with E-state index < -0.39 is 0 Å². The van der Waals surface area contributed by atoms with Crippen LogP contribution in [0.15, 0.2) is 30.3 Å². The highest BCUT2D eigenvalue weighted by molar-refractivity contribution is 5.90. The third-order valence-corrected chi connectivity index (χ3v) is 4.67. The van der Waals surface area contributed by atoms with Gasteiger partial charge in [-0.1, -0.05) is 30.3 Å². The van der Waals surface area contributed by atoms with E-state index in [2.05, 4.69) is 20.8 Å². The number of benzene rings is 1. The smallest absolute Gasteiger partial charge is 0.289 e. The molecule has 22 heavy (non-hydrogen) atoms. The zero-order chi connectivity index (χ0) is 14.9. The van der Waals surface area contributed by atoms with Gasteiger partial charge in [-0.3, -0.25) is 4.79 Å². The van der Waals surface area contributed by atoms with Crippen molar-refractivity contribution in [3.05, 3.63) is 47.5 Å². The van der Waals surface area contributed by atoms with E-state index in [1.54, 1.807) is 0 Å².